The van der Waals surface area contributed by atoms with Crippen LogP contribution in [0.1, 0.15) is 17.2 Å². The maximum Gasteiger partial charge on any atom is 0.422 e. The second-order valence-electron chi connectivity index (χ2n) is 6.82. The molecule has 4 nitrogen and oxygen atoms in total. The lowest BCUT2D eigenvalue weighted by Gasteiger charge is -2.30. The van der Waals surface area contributed by atoms with Crippen LogP contribution in [-0.2, 0) is 14.3 Å². The van der Waals surface area contributed by atoms with E-state index in [1.807, 2.05) is 6.07 Å². The molecule has 0 saturated carbocycles. The van der Waals surface area contributed by atoms with Gasteiger partial charge in [0.1, 0.15) is 0 Å². The van der Waals surface area contributed by atoms with Crippen molar-refractivity contribution in [3.05, 3.63) is 108 Å². The van der Waals surface area contributed by atoms with Gasteiger partial charge < -0.3 is 4.74 Å². The second-order valence-corrected chi connectivity index (χ2v) is 6.82. The summed E-state index contributed by atoms with van der Waals surface area (Å²) in [4.78, 5) is 27.2. The summed E-state index contributed by atoms with van der Waals surface area (Å²) in [6.45, 7) is -1.74. The highest BCUT2D eigenvalue weighted by molar-refractivity contribution is 6.07. The van der Waals surface area contributed by atoms with Crippen LogP contribution >= 0.6 is 0 Å². The van der Waals surface area contributed by atoms with E-state index in [-0.39, 0.29) is 0 Å². The molecule has 0 heterocycles. The van der Waals surface area contributed by atoms with Gasteiger partial charge in [-0.25, -0.2) is 4.79 Å². The van der Waals surface area contributed by atoms with E-state index in [0.29, 0.717) is 11.3 Å². The number of rotatable bonds is 7. The van der Waals surface area contributed by atoms with Crippen LogP contribution in [0.3, 0.4) is 0 Å². The molecule has 164 valence electrons. The van der Waals surface area contributed by atoms with Gasteiger partial charge in [-0.05, 0) is 29.3 Å². The monoisotopic (exact) mass is 439 g/mol. The second kappa shape index (κ2) is 10.4. The number of nitrogens with zero attached hydrogens (tertiary/aromatic N) is 1. The van der Waals surface area contributed by atoms with Gasteiger partial charge in [0.15, 0.2) is 12.6 Å². The van der Waals surface area contributed by atoms with Crippen molar-refractivity contribution in [3.63, 3.8) is 0 Å². The standard InChI is InChI=1S/C25H20F3NO3/c26-25(27,28)18-32-24(31)23(20-12-6-2-7-13-20)29(21-14-8-3-9-15-21)22(30)17-16-19-10-4-1-5-11-19/h1-17,23H,18H2/b17-16+. The maximum atomic E-state index is 13.2. The molecule has 0 aromatic heterocycles. The molecule has 1 atom stereocenters. The summed E-state index contributed by atoms with van der Waals surface area (Å²) in [6.07, 6.45) is -1.84. The van der Waals surface area contributed by atoms with E-state index in [9.17, 15) is 22.8 Å². The van der Waals surface area contributed by atoms with Gasteiger partial charge >= 0.3 is 12.1 Å². The number of carbonyl (C=O) groups is 2. The van der Waals surface area contributed by atoms with Gasteiger partial charge in [-0.1, -0.05) is 78.9 Å². The van der Waals surface area contributed by atoms with Gasteiger partial charge in [0.2, 0.25) is 0 Å². The zero-order valence-corrected chi connectivity index (χ0v) is 16.9. The van der Waals surface area contributed by atoms with Crippen LogP contribution in [0.5, 0.6) is 0 Å². The molecule has 3 rings (SSSR count). The Hall–Kier alpha value is -3.87. The molecule has 0 fully saturated rings. The number of esters is 1. The highest BCUT2D eigenvalue weighted by atomic mass is 19.4. The lowest BCUT2D eigenvalue weighted by molar-refractivity contribution is -0.187. The number of amides is 1. The summed E-state index contributed by atoms with van der Waals surface area (Å²) in [5, 5.41) is 0. The Labute approximate surface area is 183 Å². The molecule has 0 aliphatic rings. The van der Waals surface area contributed by atoms with Crippen LogP contribution in [0.25, 0.3) is 6.08 Å². The van der Waals surface area contributed by atoms with Gasteiger partial charge in [0, 0.05) is 11.8 Å². The van der Waals surface area contributed by atoms with Crippen molar-refractivity contribution in [3.8, 4) is 0 Å². The number of alkyl halides is 3. The molecule has 0 radical (unpaired) electrons. The molecule has 0 spiro atoms. The molecule has 7 heteroatoms. The Morgan fingerprint density at radius 1 is 0.844 bits per heavy atom. The van der Waals surface area contributed by atoms with Crippen molar-refractivity contribution in [2.75, 3.05) is 11.5 Å². The van der Waals surface area contributed by atoms with Crippen LogP contribution in [-0.4, -0.2) is 24.7 Å². The van der Waals surface area contributed by atoms with E-state index in [2.05, 4.69) is 4.74 Å². The number of carbonyl (C=O) groups excluding carboxylic acids is 2. The fraction of sp³-hybridized carbons (Fsp3) is 0.120. The first-order valence-corrected chi connectivity index (χ1v) is 9.75. The van der Waals surface area contributed by atoms with Crippen molar-refractivity contribution in [1.29, 1.82) is 0 Å². The zero-order valence-electron chi connectivity index (χ0n) is 16.9. The van der Waals surface area contributed by atoms with Crippen LogP contribution in [0.15, 0.2) is 97.1 Å². The number of para-hydroxylation sites is 1. The van der Waals surface area contributed by atoms with Crippen molar-refractivity contribution in [2.45, 2.75) is 12.2 Å². The smallest absolute Gasteiger partial charge is 0.422 e. The number of hydrogen-bond acceptors (Lipinski definition) is 3. The van der Waals surface area contributed by atoms with Crippen LogP contribution in [0, 0.1) is 0 Å². The Balaban J connectivity index is 2.02. The Kier molecular flexibility index (Phi) is 7.44. The third-order valence-corrected chi connectivity index (χ3v) is 4.46. The number of benzene rings is 3. The van der Waals surface area contributed by atoms with Crippen molar-refractivity contribution in [2.24, 2.45) is 0 Å². The van der Waals surface area contributed by atoms with Crippen LogP contribution in [0.2, 0.25) is 0 Å². The van der Waals surface area contributed by atoms with Gasteiger partial charge in [0.25, 0.3) is 5.91 Å². The Morgan fingerprint density at radius 3 is 1.94 bits per heavy atom. The van der Waals surface area contributed by atoms with Gasteiger partial charge in [-0.3, -0.25) is 9.69 Å². The maximum absolute atomic E-state index is 13.2. The lowest BCUT2D eigenvalue weighted by atomic mass is 10.0. The largest absolute Gasteiger partial charge is 0.454 e. The van der Waals surface area contributed by atoms with E-state index >= 15 is 0 Å². The average Bonchev–Trinajstić information content (AvgIpc) is 2.80. The number of hydrogen-bond donors (Lipinski definition) is 0. The molecular weight excluding hydrogens is 419 g/mol. The van der Waals surface area contributed by atoms with Crippen LogP contribution in [0.4, 0.5) is 18.9 Å². The SMILES string of the molecule is O=C(OCC(F)(F)F)C(c1ccccc1)N(C(=O)/C=C/c1ccccc1)c1ccccc1. The molecule has 0 N–H and O–H groups in total. The number of anilines is 1. The Morgan fingerprint density at radius 2 is 1.38 bits per heavy atom. The minimum absolute atomic E-state index is 0.324. The molecule has 1 unspecified atom stereocenters. The highest BCUT2D eigenvalue weighted by Gasteiger charge is 2.36. The predicted molar refractivity (Wildman–Crippen MR) is 116 cm³/mol. The Bertz CT molecular complexity index is 1050. The summed E-state index contributed by atoms with van der Waals surface area (Å²) >= 11 is 0. The molecule has 0 aliphatic heterocycles. The van der Waals surface area contributed by atoms with E-state index in [4.69, 9.17) is 0 Å². The summed E-state index contributed by atoms with van der Waals surface area (Å²) in [5.41, 5.74) is 1.42. The first kappa shape index (κ1) is 22.8. The van der Waals surface area contributed by atoms with Gasteiger partial charge in [0.05, 0.1) is 0 Å². The van der Waals surface area contributed by atoms with E-state index < -0.39 is 30.7 Å². The minimum atomic E-state index is -4.69. The van der Waals surface area contributed by atoms with E-state index in [0.717, 1.165) is 10.5 Å². The van der Waals surface area contributed by atoms with Crippen molar-refractivity contribution in [1.82, 2.24) is 0 Å². The minimum Gasteiger partial charge on any atom is -0.454 e. The molecular formula is C25H20F3NO3. The molecule has 0 aliphatic carbocycles. The summed E-state index contributed by atoms with van der Waals surface area (Å²) in [5.74, 6) is -1.77. The van der Waals surface area contributed by atoms with Gasteiger partial charge in [-0.15, -0.1) is 0 Å². The predicted octanol–water partition coefficient (Wildman–Crippen LogP) is 5.58. The number of halogens is 3. The normalized spacial score (nSPS) is 12.3. The molecule has 1 amide bonds. The molecule has 3 aromatic rings. The average molecular weight is 439 g/mol. The fourth-order valence-electron chi connectivity index (χ4n) is 3.06. The molecule has 3 aromatic carbocycles. The lowest BCUT2D eigenvalue weighted by Crippen LogP contribution is -2.40. The van der Waals surface area contributed by atoms with E-state index in [1.165, 1.54) is 6.08 Å². The first-order valence-electron chi connectivity index (χ1n) is 9.75. The topological polar surface area (TPSA) is 46.6 Å². The first-order chi connectivity index (χ1) is 15.3. The summed E-state index contributed by atoms with van der Waals surface area (Å²) in [6, 6.07) is 24.0. The summed E-state index contributed by atoms with van der Waals surface area (Å²) < 4.78 is 42.7. The van der Waals surface area contributed by atoms with Crippen molar-refractivity contribution < 1.29 is 27.5 Å². The van der Waals surface area contributed by atoms with E-state index in [1.54, 1.807) is 91.0 Å². The highest BCUT2D eigenvalue weighted by Crippen LogP contribution is 2.30. The van der Waals surface area contributed by atoms with Gasteiger partial charge in [-0.2, -0.15) is 13.2 Å². The molecule has 32 heavy (non-hydrogen) atoms. The molecule has 0 saturated heterocycles. The number of ether oxygens (including phenoxy) is 1. The zero-order chi connectivity index (χ0) is 23.0. The quantitative estimate of drug-likeness (QED) is 0.357. The van der Waals surface area contributed by atoms with Crippen LogP contribution < -0.4 is 4.90 Å². The summed E-state index contributed by atoms with van der Waals surface area (Å²) in [7, 11) is 0. The fourth-order valence-corrected chi connectivity index (χ4v) is 3.06. The van der Waals surface area contributed by atoms with Crippen molar-refractivity contribution >= 4 is 23.6 Å². The third kappa shape index (κ3) is 6.31. The molecule has 0 bridgehead atoms. The third-order valence-electron chi connectivity index (χ3n) is 4.46.